The van der Waals surface area contributed by atoms with Gasteiger partial charge < -0.3 is 9.47 Å². The Hall–Kier alpha value is -1.36. The molecule has 0 aliphatic carbocycles. The maximum atomic E-state index is 11.2. The van der Waals surface area contributed by atoms with Crippen LogP contribution in [0.15, 0.2) is 17.5 Å². The third-order valence-corrected chi connectivity index (χ3v) is 2.75. The summed E-state index contributed by atoms with van der Waals surface area (Å²) in [7, 11) is 0. The zero-order chi connectivity index (χ0) is 11.8. The van der Waals surface area contributed by atoms with E-state index in [9.17, 15) is 9.59 Å². The van der Waals surface area contributed by atoms with E-state index in [2.05, 4.69) is 4.74 Å². The first-order chi connectivity index (χ1) is 7.72. The van der Waals surface area contributed by atoms with E-state index in [0.717, 1.165) is 4.88 Å². The molecule has 4 nitrogen and oxygen atoms in total. The van der Waals surface area contributed by atoms with Crippen LogP contribution in [0.25, 0.3) is 0 Å². The normalized spacial score (nSPS) is 9.81. The van der Waals surface area contributed by atoms with Gasteiger partial charge in [0.05, 0.1) is 13.0 Å². The first-order valence-corrected chi connectivity index (χ1v) is 5.94. The van der Waals surface area contributed by atoms with Crippen LogP contribution in [0.1, 0.15) is 18.2 Å². The molecule has 88 valence electrons. The lowest BCUT2D eigenvalue weighted by Crippen LogP contribution is -2.16. The summed E-state index contributed by atoms with van der Waals surface area (Å²) < 4.78 is 9.37. The van der Waals surface area contributed by atoms with Crippen molar-refractivity contribution in [3.63, 3.8) is 0 Å². The highest BCUT2D eigenvalue weighted by Crippen LogP contribution is 2.11. The van der Waals surface area contributed by atoms with Crippen molar-refractivity contribution in [3.05, 3.63) is 22.4 Å². The Morgan fingerprint density at radius 2 is 2.12 bits per heavy atom. The van der Waals surface area contributed by atoms with Crippen molar-refractivity contribution in [3.8, 4) is 0 Å². The SMILES string of the molecule is CCOC(=O)COC(=O)CCc1cccs1. The second-order valence-corrected chi connectivity index (χ2v) is 4.08. The summed E-state index contributed by atoms with van der Waals surface area (Å²) in [5.74, 6) is -0.881. The lowest BCUT2D eigenvalue weighted by atomic mass is 10.3. The van der Waals surface area contributed by atoms with Crippen LogP contribution < -0.4 is 0 Å². The molecule has 1 aromatic rings. The summed E-state index contributed by atoms with van der Waals surface area (Å²) in [6, 6.07) is 3.90. The maximum Gasteiger partial charge on any atom is 0.344 e. The van der Waals surface area contributed by atoms with E-state index in [0.29, 0.717) is 19.4 Å². The van der Waals surface area contributed by atoms with E-state index in [1.165, 1.54) is 0 Å². The standard InChI is InChI=1S/C11H14O4S/c1-2-14-11(13)8-15-10(12)6-5-9-4-3-7-16-9/h3-4,7H,2,5-6,8H2,1H3. The fraction of sp³-hybridized carbons (Fsp3) is 0.455. The third kappa shape index (κ3) is 4.93. The van der Waals surface area contributed by atoms with Gasteiger partial charge in [0.2, 0.25) is 0 Å². The summed E-state index contributed by atoms with van der Waals surface area (Å²) in [5, 5.41) is 1.96. The molecule has 0 fully saturated rings. The van der Waals surface area contributed by atoms with E-state index in [1.807, 2.05) is 17.5 Å². The van der Waals surface area contributed by atoms with Gasteiger partial charge in [-0.2, -0.15) is 0 Å². The van der Waals surface area contributed by atoms with Crippen LogP contribution in [-0.2, 0) is 25.5 Å². The Morgan fingerprint density at radius 3 is 2.75 bits per heavy atom. The molecular formula is C11H14O4S. The van der Waals surface area contributed by atoms with Gasteiger partial charge >= 0.3 is 11.9 Å². The second-order valence-electron chi connectivity index (χ2n) is 3.05. The van der Waals surface area contributed by atoms with Crippen LogP contribution in [0.3, 0.4) is 0 Å². The van der Waals surface area contributed by atoms with Gasteiger partial charge in [-0.1, -0.05) is 6.07 Å². The molecule has 1 heterocycles. The van der Waals surface area contributed by atoms with Crippen molar-refractivity contribution in [1.82, 2.24) is 0 Å². The van der Waals surface area contributed by atoms with Crippen LogP contribution in [0.4, 0.5) is 0 Å². The Morgan fingerprint density at radius 1 is 1.31 bits per heavy atom. The van der Waals surface area contributed by atoms with E-state index in [1.54, 1.807) is 18.3 Å². The average Bonchev–Trinajstić information content (AvgIpc) is 2.77. The summed E-state index contributed by atoms with van der Waals surface area (Å²) in [6.45, 7) is 1.71. The summed E-state index contributed by atoms with van der Waals surface area (Å²) in [4.78, 5) is 23.2. The minimum Gasteiger partial charge on any atom is -0.463 e. The van der Waals surface area contributed by atoms with Gasteiger partial charge in [0.25, 0.3) is 0 Å². The van der Waals surface area contributed by atoms with Crippen molar-refractivity contribution in [2.45, 2.75) is 19.8 Å². The number of rotatable bonds is 6. The molecule has 0 spiro atoms. The predicted molar refractivity (Wildman–Crippen MR) is 60.2 cm³/mol. The molecule has 0 atom stereocenters. The molecule has 0 aliphatic rings. The van der Waals surface area contributed by atoms with Gasteiger partial charge in [-0.25, -0.2) is 4.79 Å². The van der Waals surface area contributed by atoms with Crippen molar-refractivity contribution in [2.24, 2.45) is 0 Å². The number of carbonyl (C=O) groups is 2. The number of aryl methyl sites for hydroxylation is 1. The van der Waals surface area contributed by atoms with Gasteiger partial charge in [0, 0.05) is 4.88 Å². The van der Waals surface area contributed by atoms with Crippen LogP contribution in [0.2, 0.25) is 0 Å². The van der Waals surface area contributed by atoms with Crippen LogP contribution in [0.5, 0.6) is 0 Å². The number of ether oxygens (including phenoxy) is 2. The highest BCUT2D eigenvalue weighted by molar-refractivity contribution is 7.09. The van der Waals surface area contributed by atoms with Crippen molar-refractivity contribution < 1.29 is 19.1 Å². The van der Waals surface area contributed by atoms with Crippen molar-refractivity contribution in [2.75, 3.05) is 13.2 Å². The monoisotopic (exact) mass is 242 g/mol. The summed E-state index contributed by atoms with van der Waals surface area (Å²) in [5.41, 5.74) is 0. The highest BCUT2D eigenvalue weighted by Gasteiger charge is 2.08. The van der Waals surface area contributed by atoms with Gasteiger partial charge in [-0.15, -0.1) is 11.3 Å². The molecule has 0 unspecified atom stereocenters. The van der Waals surface area contributed by atoms with Gasteiger partial charge in [-0.3, -0.25) is 4.79 Å². The molecule has 0 aromatic carbocycles. The zero-order valence-electron chi connectivity index (χ0n) is 9.10. The Bertz CT molecular complexity index is 332. The first-order valence-electron chi connectivity index (χ1n) is 5.06. The van der Waals surface area contributed by atoms with Gasteiger partial charge in [0.15, 0.2) is 6.61 Å². The number of hydrogen-bond donors (Lipinski definition) is 0. The second kappa shape index (κ2) is 7.00. The predicted octanol–water partition coefficient (Wildman–Crippen LogP) is 1.79. The Labute approximate surface area is 98.2 Å². The number of carbonyl (C=O) groups excluding carboxylic acids is 2. The lowest BCUT2D eigenvalue weighted by molar-refractivity contribution is -0.158. The molecule has 1 aromatic heterocycles. The minimum atomic E-state index is -0.507. The van der Waals surface area contributed by atoms with Gasteiger partial charge in [0.1, 0.15) is 0 Å². The first kappa shape index (κ1) is 12.7. The topological polar surface area (TPSA) is 52.6 Å². The average molecular weight is 242 g/mol. The third-order valence-electron chi connectivity index (χ3n) is 1.81. The van der Waals surface area contributed by atoms with E-state index in [-0.39, 0.29) is 12.6 Å². The fourth-order valence-corrected chi connectivity index (χ4v) is 1.80. The minimum absolute atomic E-state index is 0.292. The summed E-state index contributed by atoms with van der Waals surface area (Å²) in [6.07, 6.45) is 0.944. The molecule has 16 heavy (non-hydrogen) atoms. The Balaban J connectivity index is 2.14. The molecule has 0 aliphatic heterocycles. The zero-order valence-corrected chi connectivity index (χ0v) is 9.92. The molecular weight excluding hydrogens is 228 g/mol. The maximum absolute atomic E-state index is 11.2. The largest absolute Gasteiger partial charge is 0.463 e. The van der Waals surface area contributed by atoms with Crippen LogP contribution >= 0.6 is 11.3 Å². The lowest BCUT2D eigenvalue weighted by Gasteiger charge is -2.03. The molecule has 0 saturated heterocycles. The van der Waals surface area contributed by atoms with Crippen LogP contribution in [-0.4, -0.2) is 25.2 Å². The van der Waals surface area contributed by atoms with E-state index >= 15 is 0 Å². The fourth-order valence-electron chi connectivity index (χ4n) is 1.09. The number of hydrogen-bond acceptors (Lipinski definition) is 5. The number of esters is 2. The molecule has 0 saturated carbocycles. The Kier molecular flexibility index (Phi) is 5.56. The molecule has 0 radical (unpaired) electrons. The smallest absolute Gasteiger partial charge is 0.344 e. The molecule has 5 heteroatoms. The summed E-state index contributed by atoms with van der Waals surface area (Å²) >= 11 is 1.60. The van der Waals surface area contributed by atoms with Crippen molar-refractivity contribution >= 4 is 23.3 Å². The molecule has 1 rings (SSSR count). The highest BCUT2D eigenvalue weighted by atomic mass is 32.1. The van der Waals surface area contributed by atoms with Gasteiger partial charge in [-0.05, 0) is 24.8 Å². The van der Waals surface area contributed by atoms with Crippen molar-refractivity contribution in [1.29, 1.82) is 0 Å². The molecule has 0 N–H and O–H groups in total. The van der Waals surface area contributed by atoms with E-state index < -0.39 is 5.97 Å². The van der Waals surface area contributed by atoms with E-state index in [4.69, 9.17) is 4.74 Å². The molecule has 0 amide bonds. The number of thiophene rings is 1. The molecule has 0 bridgehead atoms. The quantitative estimate of drug-likeness (QED) is 0.714. The van der Waals surface area contributed by atoms with Crippen LogP contribution in [0, 0.1) is 0 Å².